The fourth-order valence-electron chi connectivity index (χ4n) is 4.82. The van der Waals surface area contributed by atoms with Gasteiger partial charge in [-0.25, -0.2) is 4.79 Å². The molecule has 0 radical (unpaired) electrons. The third kappa shape index (κ3) is 7.85. The van der Waals surface area contributed by atoms with Crippen LogP contribution in [0.4, 0.5) is 0 Å². The Kier molecular flexibility index (Phi) is 11.7. The zero-order chi connectivity index (χ0) is 30.2. The normalized spacial score (nSPS) is 28.1. The Morgan fingerprint density at radius 3 is 2.66 bits per heavy atom. The van der Waals surface area contributed by atoms with Gasteiger partial charge in [-0.2, -0.15) is 0 Å². The monoisotopic (exact) mass is 574 g/mol. The third-order valence-electron chi connectivity index (χ3n) is 7.53. The number of fused-ring (bicyclic) bond motifs is 2. The summed E-state index contributed by atoms with van der Waals surface area (Å²) < 4.78 is 16.7. The number of phenols is 2. The van der Waals surface area contributed by atoms with Crippen LogP contribution < -0.4 is 0 Å². The van der Waals surface area contributed by atoms with Crippen LogP contribution in [0.15, 0.2) is 60.2 Å². The second-order valence-corrected chi connectivity index (χ2v) is 10.6. The van der Waals surface area contributed by atoms with Gasteiger partial charge in [0.2, 0.25) is 5.79 Å². The van der Waals surface area contributed by atoms with Gasteiger partial charge in [-0.3, -0.25) is 0 Å². The number of allylic oxidation sites excluding steroid dienone is 5. The standard InChI is InChI=1S/C31H42O10/c1-4-19(2)11-7-5-8-12-20(3)23(34)13-9-6-10-14-26(36)40-29-28(37)25(17-32)41-31(30(29)38)27-21(18-39-31)15-22(33)16-24(27)35/h5-6,8-10,12,14-16,19,23,25,28-30,32-35,37-38H,4,7,11,13,17-18H2,1-3H3/b8-5+,9-6+,14-10+,20-12+/t19?,23?,25-,28-,29+,30-,31?/m1/s1. The highest BCUT2D eigenvalue weighted by Gasteiger charge is 2.61. The molecule has 10 nitrogen and oxygen atoms in total. The molecular weight excluding hydrogens is 532 g/mol. The maximum Gasteiger partial charge on any atom is 0.331 e. The van der Waals surface area contributed by atoms with Gasteiger partial charge in [-0.15, -0.1) is 0 Å². The number of rotatable bonds is 12. The minimum Gasteiger partial charge on any atom is -0.508 e. The molecule has 226 valence electrons. The lowest BCUT2D eigenvalue weighted by atomic mass is 9.87. The van der Waals surface area contributed by atoms with Crippen molar-refractivity contribution in [1.82, 2.24) is 0 Å². The first-order valence-corrected chi connectivity index (χ1v) is 13.9. The van der Waals surface area contributed by atoms with E-state index in [2.05, 4.69) is 19.9 Å². The van der Waals surface area contributed by atoms with E-state index in [-0.39, 0.29) is 17.9 Å². The van der Waals surface area contributed by atoms with Crippen molar-refractivity contribution in [3.63, 3.8) is 0 Å². The van der Waals surface area contributed by atoms with E-state index in [9.17, 15) is 35.4 Å². The van der Waals surface area contributed by atoms with Crippen molar-refractivity contribution in [3.05, 3.63) is 71.4 Å². The Morgan fingerprint density at radius 2 is 1.95 bits per heavy atom. The number of carbonyl (C=O) groups excluding carboxylic acids is 1. The number of aromatic hydroxyl groups is 2. The maximum absolute atomic E-state index is 12.5. The molecule has 1 aromatic rings. The highest BCUT2D eigenvalue weighted by atomic mass is 16.7. The second-order valence-electron chi connectivity index (χ2n) is 10.6. The molecule has 2 heterocycles. The lowest BCUT2D eigenvalue weighted by Crippen LogP contribution is -2.64. The highest BCUT2D eigenvalue weighted by Crippen LogP contribution is 2.50. The van der Waals surface area contributed by atoms with Gasteiger partial charge in [-0.1, -0.05) is 56.7 Å². The van der Waals surface area contributed by atoms with E-state index in [4.69, 9.17) is 14.2 Å². The predicted octanol–water partition coefficient (Wildman–Crippen LogP) is 3.00. The second kappa shape index (κ2) is 14.8. The van der Waals surface area contributed by atoms with E-state index in [0.29, 0.717) is 17.9 Å². The zero-order valence-corrected chi connectivity index (χ0v) is 23.7. The molecule has 0 amide bonds. The van der Waals surface area contributed by atoms with E-state index in [1.165, 1.54) is 12.1 Å². The van der Waals surface area contributed by atoms with Crippen LogP contribution in [0, 0.1) is 5.92 Å². The van der Waals surface area contributed by atoms with Gasteiger partial charge in [0, 0.05) is 12.1 Å². The Hall–Kier alpha value is -2.99. The largest absolute Gasteiger partial charge is 0.508 e. The van der Waals surface area contributed by atoms with E-state index >= 15 is 0 Å². The van der Waals surface area contributed by atoms with Gasteiger partial charge < -0.3 is 44.8 Å². The van der Waals surface area contributed by atoms with Gasteiger partial charge in [0.05, 0.1) is 24.9 Å². The SMILES string of the molecule is CCC(C)CC/C=C/C=C(\C)C(O)C/C=C/C=C/C(=O)O[C@H]1[C@H](O)[C@@H](CO)OC2(OCc3cc(O)cc(O)c32)[C@@H]1O. The number of aliphatic hydroxyl groups excluding tert-OH is 4. The summed E-state index contributed by atoms with van der Waals surface area (Å²) in [6.07, 6.45) is 8.32. The molecule has 7 atom stereocenters. The van der Waals surface area contributed by atoms with Gasteiger partial charge in [-0.05, 0) is 49.3 Å². The summed E-state index contributed by atoms with van der Waals surface area (Å²) in [6.45, 7) is 5.40. The highest BCUT2D eigenvalue weighted by molar-refractivity contribution is 5.82. The van der Waals surface area contributed by atoms with E-state index in [1.807, 2.05) is 19.1 Å². The molecule has 1 saturated heterocycles. The van der Waals surface area contributed by atoms with Crippen LogP contribution >= 0.6 is 0 Å². The number of phenolic OH excluding ortho intramolecular Hbond substituents is 2. The molecule has 41 heavy (non-hydrogen) atoms. The van der Waals surface area contributed by atoms with Crippen LogP contribution in [0.5, 0.6) is 11.5 Å². The number of ether oxygens (including phenoxy) is 3. The van der Waals surface area contributed by atoms with Crippen LogP contribution in [-0.4, -0.2) is 73.7 Å². The molecule has 0 aliphatic carbocycles. The van der Waals surface area contributed by atoms with Crippen LogP contribution in [0.2, 0.25) is 0 Å². The van der Waals surface area contributed by atoms with Gasteiger partial charge in [0.25, 0.3) is 0 Å². The van der Waals surface area contributed by atoms with Crippen molar-refractivity contribution < 1.29 is 49.6 Å². The first kappa shape index (κ1) is 32.5. The number of esters is 1. The predicted molar refractivity (Wildman–Crippen MR) is 151 cm³/mol. The van der Waals surface area contributed by atoms with Gasteiger partial charge in [0.1, 0.15) is 23.7 Å². The molecule has 6 N–H and O–H groups in total. The molecule has 2 aliphatic rings. The summed E-state index contributed by atoms with van der Waals surface area (Å²) in [5, 5.41) is 62.1. The van der Waals surface area contributed by atoms with Crippen LogP contribution in [0.25, 0.3) is 0 Å². The Morgan fingerprint density at radius 1 is 1.20 bits per heavy atom. The van der Waals surface area contributed by atoms with Crippen molar-refractivity contribution in [2.45, 2.75) is 89.4 Å². The Bertz CT molecular complexity index is 1160. The van der Waals surface area contributed by atoms with E-state index < -0.39 is 54.6 Å². The summed E-state index contributed by atoms with van der Waals surface area (Å²) in [5.41, 5.74) is 1.15. The van der Waals surface area contributed by atoms with E-state index in [0.717, 1.165) is 37.0 Å². The fourth-order valence-corrected chi connectivity index (χ4v) is 4.82. The summed E-state index contributed by atoms with van der Waals surface area (Å²) in [4.78, 5) is 12.5. The van der Waals surface area contributed by atoms with Crippen LogP contribution in [0.3, 0.4) is 0 Å². The van der Waals surface area contributed by atoms with Gasteiger partial charge in [0.15, 0.2) is 12.2 Å². The number of hydrogen-bond donors (Lipinski definition) is 6. The average Bonchev–Trinajstić information content (AvgIpc) is 3.31. The molecule has 1 fully saturated rings. The topological polar surface area (TPSA) is 166 Å². The maximum atomic E-state index is 12.5. The van der Waals surface area contributed by atoms with Gasteiger partial charge >= 0.3 is 5.97 Å². The molecule has 0 saturated carbocycles. The number of hydrogen-bond acceptors (Lipinski definition) is 10. The molecule has 1 aromatic carbocycles. The smallest absolute Gasteiger partial charge is 0.331 e. The summed E-state index contributed by atoms with van der Waals surface area (Å²) >= 11 is 0. The van der Waals surface area contributed by atoms with Crippen molar-refractivity contribution in [3.8, 4) is 11.5 Å². The fraction of sp³-hybridized carbons (Fsp3) is 0.516. The quantitative estimate of drug-likeness (QED) is 0.124. The third-order valence-corrected chi connectivity index (χ3v) is 7.53. The molecule has 2 aliphatic heterocycles. The van der Waals surface area contributed by atoms with Crippen molar-refractivity contribution in [2.75, 3.05) is 6.61 Å². The van der Waals surface area contributed by atoms with Crippen molar-refractivity contribution >= 4 is 5.97 Å². The minimum absolute atomic E-state index is 0.0113. The lowest BCUT2D eigenvalue weighted by Gasteiger charge is -2.47. The molecular formula is C31H42O10. The minimum atomic E-state index is -2.04. The molecule has 10 heteroatoms. The first-order valence-electron chi connectivity index (χ1n) is 13.9. The Balaban J connectivity index is 1.59. The van der Waals surface area contributed by atoms with Crippen LogP contribution in [-0.2, 0) is 31.4 Å². The van der Waals surface area contributed by atoms with E-state index in [1.54, 1.807) is 12.2 Å². The Labute approximate surface area is 240 Å². The molecule has 3 unspecified atom stereocenters. The summed E-state index contributed by atoms with van der Waals surface area (Å²) in [7, 11) is 0. The number of carbonyl (C=O) groups is 1. The van der Waals surface area contributed by atoms with Crippen molar-refractivity contribution in [1.29, 1.82) is 0 Å². The first-order chi connectivity index (χ1) is 19.5. The number of benzene rings is 1. The molecule has 0 aromatic heterocycles. The van der Waals surface area contributed by atoms with Crippen LogP contribution in [0.1, 0.15) is 57.6 Å². The molecule has 0 bridgehead atoms. The zero-order valence-electron chi connectivity index (χ0n) is 23.7. The lowest BCUT2D eigenvalue weighted by molar-refractivity contribution is -0.369. The summed E-state index contributed by atoms with van der Waals surface area (Å²) in [6, 6.07) is 2.37. The number of aliphatic hydroxyl groups is 4. The molecule has 3 rings (SSSR count). The molecule has 1 spiro atoms. The average molecular weight is 575 g/mol. The summed E-state index contributed by atoms with van der Waals surface area (Å²) in [5.74, 6) is -2.89. The van der Waals surface area contributed by atoms with Crippen molar-refractivity contribution in [2.24, 2.45) is 5.92 Å².